The van der Waals surface area contributed by atoms with Crippen LogP contribution in [-0.2, 0) is 32.7 Å². The summed E-state index contributed by atoms with van der Waals surface area (Å²) in [4.78, 5) is 33.0. The van der Waals surface area contributed by atoms with Gasteiger partial charge in [-0.25, -0.2) is 4.57 Å². The highest BCUT2D eigenvalue weighted by Crippen LogP contribution is 2.43. The lowest BCUT2D eigenvalue weighted by Gasteiger charge is -2.19. The molecule has 0 heterocycles. The smallest absolute Gasteiger partial charge is 0.462 e. The van der Waals surface area contributed by atoms with Crippen LogP contribution in [0, 0.1) is 0 Å². The van der Waals surface area contributed by atoms with E-state index in [9.17, 15) is 24.2 Å². The van der Waals surface area contributed by atoms with Gasteiger partial charge in [-0.1, -0.05) is 148 Å². The molecule has 268 valence electrons. The SMILES string of the molecule is CCCCCCCCCCCCCCCCCCCCCCCCCC(=O)OC[C@H](COP(=O)(O)OC[C@@H](O)CO)OC(C)=O. The largest absolute Gasteiger partial charge is 0.472 e. The van der Waals surface area contributed by atoms with Crippen molar-refractivity contribution in [3.63, 3.8) is 0 Å². The summed E-state index contributed by atoms with van der Waals surface area (Å²) in [5.41, 5.74) is 0. The summed E-state index contributed by atoms with van der Waals surface area (Å²) >= 11 is 0. The quantitative estimate of drug-likeness (QED) is 0.0348. The van der Waals surface area contributed by atoms with Gasteiger partial charge in [0, 0.05) is 13.3 Å². The second kappa shape index (κ2) is 31.6. The molecule has 0 saturated carbocycles. The van der Waals surface area contributed by atoms with Crippen LogP contribution in [0.2, 0.25) is 0 Å². The number of rotatable bonds is 34. The Morgan fingerprint density at radius 2 is 1.00 bits per heavy atom. The van der Waals surface area contributed by atoms with Crippen molar-refractivity contribution in [2.45, 2.75) is 180 Å². The lowest BCUT2D eigenvalue weighted by molar-refractivity contribution is -0.159. The van der Waals surface area contributed by atoms with Gasteiger partial charge in [-0.05, 0) is 6.42 Å². The molecule has 0 aromatic carbocycles. The van der Waals surface area contributed by atoms with Crippen molar-refractivity contribution in [1.82, 2.24) is 0 Å². The van der Waals surface area contributed by atoms with E-state index in [-0.39, 0.29) is 13.0 Å². The molecule has 0 aliphatic carbocycles. The summed E-state index contributed by atoms with van der Waals surface area (Å²) in [6.45, 7) is 1.30. The molecule has 0 aliphatic rings. The van der Waals surface area contributed by atoms with Gasteiger partial charge in [0.05, 0.1) is 19.8 Å². The number of aliphatic hydroxyl groups is 2. The highest BCUT2D eigenvalue weighted by Gasteiger charge is 2.26. The number of hydrogen-bond donors (Lipinski definition) is 3. The molecule has 0 aromatic rings. The van der Waals surface area contributed by atoms with Gasteiger partial charge in [0.25, 0.3) is 0 Å². The van der Waals surface area contributed by atoms with Crippen LogP contribution in [0.15, 0.2) is 0 Å². The van der Waals surface area contributed by atoms with Gasteiger partial charge in [0.15, 0.2) is 6.10 Å². The molecule has 0 rings (SSSR count). The predicted molar refractivity (Wildman–Crippen MR) is 178 cm³/mol. The lowest BCUT2D eigenvalue weighted by atomic mass is 10.0. The van der Waals surface area contributed by atoms with Crippen LogP contribution in [0.4, 0.5) is 0 Å². The Balaban J connectivity index is 3.61. The number of aliphatic hydroxyl groups excluding tert-OH is 2. The summed E-state index contributed by atoms with van der Waals surface area (Å²) < 4.78 is 31.3. The fraction of sp³-hybridized carbons (Fsp3) is 0.941. The third-order valence-electron chi connectivity index (χ3n) is 7.81. The monoisotopic (exact) mass is 666 g/mol. The van der Waals surface area contributed by atoms with Crippen LogP contribution < -0.4 is 0 Å². The van der Waals surface area contributed by atoms with Crippen LogP contribution in [-0.4, -0.2) is 65.7 Å². The van der Waals surface area contributed by atoms with Gasteiger partial charge in [-0.15, -0.1) is 0 Å². The second-order valence-electron chi connectivity index (χ2n) is 12.3. The van der Waals surface area contributed by atoms with Crippen LogP contribution in [0.3, 0.4) is 0 Å². The van der Waals surface area contributed by atoms with Gasteiger partial charge >= 0.3 is 19.8 Å². The van der Waals surface area contributed by atoms with Crippen molar-refractivity contribution in [3.8, 4) is 0 Å². The molecule has 45 heavy (non-hydrogen) atoms. The van der Waals surface area contributed by atoms with Crippen LogP contribution in [0.1, 0.15) is 168 Å². The molecule has 0 bridgehead atoms. The molecule has 0 radical (unpaired) electrons. The Kier molecular flexibility index (Phi) is 30.8. The molecule has 3 atom stereocenters. The normalized spacial score (nSPS) is 14.2. The second-order valence-corrected chi connectivity index (χ2v) is 13.8. The average Bonchev–Trinajstić information content (AvgIpc) is 3.01. The maximum atomic E-state index is 12.1. The van der Waals surface area contributed by atoms with Crippen molar-refractivity contribution < 1.29 is 47.8 Å². The molecule has 3 N–H and O–H groups in total. The van der Waals surface area contributed by atoms with Crippen molar-refractivity contribution >= 4 is 19.8 Å². The zero-order valence-corrected chi connectivity index (χ0v) is 29.5. The van der Waals surface area contributed by atoms with Crippen LogP contribution in [0.5, 0.6) is 0 Å². The maximum absolute atomic E-state index is 12.1. The van der Waals surface area contributed by atoms with E-state index < -0.39 is 51.8 Å². The Labute approximate surface area is 273 Å². The number of unbranched alkanes of at least 4 members (excludes halogenated alkanes) is 22. The van der Waals surface area contributed by atoms with Crippen molar-refractivity contribution in [2.75, 3.05) is 26.4 Å². The third-order valence-corrected chi connectivity index (χ3v) is 8.76. The van der Waals surface area contributed by atoms with E-state index in [1.54, 1.807) is 0 Å². The van der Waals surface area contributed by atoms with E-state index in [0.717, 1.165) is 19.8 Å². The Bertz CT molecular complexity index is 736. The zero-order valence-electron chi connectivity index (χ0n) is 28.6. The van der Waals surface area contributed by atoms with E-state index in [1.807, 2.05) is 0 Å². The Hall–Kier alpha value is -1.03. The van der Waals surface area contributed by atoms with Crippen molar-refractivity contribution in [3.05, 3.63) is 0 Å². The minimum Gasteiger partial charge on any atom is -0.462 e. The van der Waals surface area contributed by atoms with Crippen molar-refractivity contribution in [2.24, 2.45) is 0 Å². The summed E-state index contributed by atoms with van der Waals surface area (Å²) in [5, 5.41) is 18.0. The zero-order chi connectivity index (χ0) is 33.4. The number of carbonyl (C=O) groups is 2. The Morgan fingerprint density at radius 1 is 0.622 bits per heavy atom. The lowest BCUT2D eigenvalue weighted by Crippen LogP contribution is -2.29. The van der Waals surface area contributed by atoms with E-state index >= 15 is 0 Å². The maximum Gasteiger partial charge on any atom is 0.472 e. The van der Waals surface area contributed by atoms with E-state index in [4.69, 9.17) is 19.1 Å². The fourth-order valence-electron chi connectivity index (χ4n) is 5.11. The molecule has 0 aliphatic heterocycles. The average molecular weight is 667 g/mol. The van der Waals surface area contributed by atoms with Gasteiger partial charge in [-0.2, -0.15) is 0 Å². The van der Waals surface area contributed by atoms with Crippen LogP contribution in [0.25, 0.3) is 0 Å². The van der Waals surface area contributed by atoms with Gasteiger partial charge < -0.3 is 24.6 Å². The molecule has 0 amide bonds. The molecular weight excluding hydrogens is 599 g/mol. The fourth-order valence-corrected chi connectivity index (χ4v) is 5.90. The van der Waals surface area contributed by atoms with E-state index in [2.05, 4.69) is 11.4 Å². The molecule has 0 fully saturated rings. The topological polar surface area (TPSA) is 149 Å². The first-order valence-corrected chi connectivity index (χ1v) is 19.4. The number of esters is 2. The predicted octanol–water partition coefficient (Wildman–Crippen LogP) is 8.33. The summed E-state index contributed by atoms with van der Waals surface area (Å²) in [5.74, 6) is -1.11. The number of hydrogen-bond acceptors (Lipinski definition) is 9. The number of ether oxygens (including phenoxy) is 2. The van der Waals surface area contributed by atoms with Gasteiger partial charge in [0.1, 0.15) is 12.7 Å². The Morgan fingerprint density at radius 3 is 1.38 bits per heavy atom. The third kappa shape index (κ3) is 32.7. The first-order chi connectivity index (χ1) is 21.7. The van der Waals surface area contributed by atoms with Crippen LogP contribution >= 0.6 is 7.82 Å². The molecule has 0 saturated heterocycles. The molecule has 11 heteroatoms. The first-order valence-electron chi connectivity index (χ1n) is 17.9. The molecule has 0 aromatic heterocycles. The molecular formula is C34H67O10P. The minimum atomic E-state index is -4.56. The number of carbonyl (C=O) groups excluding carboxylic acids is 2. The molecule has 0 spiro atoms. The highest BCUT2D eigenvalue weighted by molar-refractivity contribution is 7.47. The first kappa shape index (κ1) is 44.0. The molecule has 10 nitrogen and oxygen atoms in total. The van der Waals surface area contributed by atoms with Gasteiger partial charge in [-0.3, -0.25) is 18.6 Å². The summed E-state index contributed by atoms with van der Waals surface area (Å²) in [6.07, 6.45) is 27.9. The summed E-state index contributed by atoms with van der Waals surface area (Å²) in [7, 11) is -4.56. The highest BCUT2D eigenvalue weighted by atomic mass is 31.2. The van der Waals surface area contributed by atoms with E-state index in [1.165, 1.54) is 128 Å². The number of phosphoric ester groups is 1. The number of phosphoric acid groups is 1. The summed E-state index contributed by atoms with van der Waals surface area (Å²) in [6, 6.07) is 0. The van der Waals surface area contributed by atoms with Gasteiger partial charge in [0.2, 0.25) is 0 Å². The standard InChI is InChI=1S/C34H67O10P/c1-3-4-5-6-7-8-9-10-11-12-13-14-15-16-17-18-19-20-21-22-23-24-25-26-34(38)41-29-33(44-31(2)36)30-43-45(39,40)42-28-32(37)27-35/h32-33,35,37H,3-30H2,1-2H3,(H,39,40)/t32-,33+/m0/s1. The molecule has 1 unspecified atom stereocenters. The van der Waals surface area contributed by atoms with E-state index in [0.29, 0.717) is 6.42 Å². The minimum absolute atomic E-state index is 0.244. The van der Waals surface area contributed by atoms with Crippen molar-refractivity contribution in [1.29, 1.82) is 0 Å².